The molecule has 1 aromatic carbocycles. The summed E-state index contributed by atoms with van der Waals surface area (Å²) in [5.41, 5.74) is 2.84. The summed E-state index contributed by atoms with van der Waals surface area (Å²) in [7, 11) is 3.64. The first-order valence-corrected chi connectivity index (χ1v) is 13.0. The normalized spacial score (nSPS) is 17.1. The molecule has 0 spiro atoms. The summed E-state index contributed by atoms with van der Waals surface area (Å²) in [5.74, 6) is 1.63. The average Bonchev–Trinajstić information content (AvgIpc) is 3.53. The van der Waals surface area contributed by atoms with Gasteiger partial charge in [0.05, 0.1) is 11.7 Å². The summed E-state index contributed by atoms with van der Waals surface area (Å²) in [6.07, 6.45) is 10.4. The third-order valence-corrected chi connectivity index (χ3v) is 7.29. The van der Waals surface area contributed by atoms with E-state index in [1.807, 2.05) is 32.3 Å². The Bertz CT molecular complexity index is 1140. The molecule has 1 saturated heterocycles. The van der Waals surface area contributed by atoms with E-state index in [1.165, 1.54) is 45.2 Å². The van der Waals surface area contributed by atoms with Crippen molar-refractivity contribution in [3.05, 3.63) is 48.3 Å². The van der Waals surface area contributed by atoms with Crippen LogP contribution in [0.3, 0.4) is 0 Å². The number of likely N-dealkylation sites (tertiary alicyclic amines) is 1. The Labute approximate surface area is 208 Å². The van der Waals surface area contributed by atoms with E-state index in [0.29, 0.717) is 12.6 Å². The van der Waals surface area contributed by atoms with Gasteiger partial charge in [-0.15, -0.1) is 0 Å². The third kappa shape index (κ3) is 5.45. The number of hydrogen-bond acceptors (Lipinski definition) is 5. The summed E-state index contributed by atoms with van der Waals surface area (Å²) in [5, 5.41) is 4.52. The SMILES string of the molecule is CN(C)C(=O)c1cc2ccc(Nc3ccc(OCCN4CCCCC4)cn3)cc2n1C1CCCC1. The molecule has 35 heavy (non-hydrogen) atoms. The maximum absolute atomic E-state index is 12.9. The van der Waals surface area contributed by atoms with Crippen LogP contribution in [0, 0.1) is 0 Å². The second kappa shape index (κ2) is 10.7. The second-order valence-electron chi connectivity index (χ2n) is 10.1. The molecule has 1 saturated carbocycles. The first kappa shape index (κ1) is 23.7. The molecule has 2 fully saturated rings. The number of nitrogens with one attached hydrogen (secondary N) is 1. The topological polar surface area (TPSA) is 62.6 Å². The zero-order valence-corrected chi connectivity index (χ0v) is 21.0. The number of amides is 1. The van der Waals surface area contributed by atoms with E-state index < -0.39 is 0 Å². The molecule has 1 aliphatic carbocycles. The summed E-state index contributed by atoms with van der Waals surface area (Å²) in [6.45, 7) is 4.03. The monoisotopic (exact) mass is 475 g/mol. The number of fused-ring (bicyclic) bond motifs is 1. The van der Waals surface area contributed by atoms with E-state index in [0.717, 1.165) is 53.2 Å². The molecule has 1 amide bonds. The molecule has 5 rings (SSSR count). The van der Waals surface area contributed by atoms with Crippen molar-refractivity contribution in [3.8, 4) is 5.75 Å². The Kier molecular flexibility index (Phi) is 7.23. The van der Waals surface area contributed by atoms with Crippen LogP contribution in [0.15, 0.2) is 42.6 Å². The summed E-state index contributed by atoms with van der Waals surface area (Å²) in [6, 6.07) is 12.6. The lowest BCUT2D eigenvalue weighted by molar-refractivity contribution is 0.0815. The molecule has 0 bridgehead atoms. The van der Waals surface area contributed by atoms with Crippen LogP contribution in [-0.2, 0) is 0 Å². The molecule has 2 aliphatic rings. The quantitative estimate of drug-likeness (QED) is 0.469. The van der Waals surface area contributed by atoms with Crippen LogP contribution in [0.1, 0.15) is 61.5 Å². The first-order valence-electron chi connectivity index (χ1n) is 13.0. The lowest BCUT2D eigenvalue weighted by Gasteiger charge is -2.26. The van der Waals surface area contributed by atoms with Crippen LogP contribution < -0.4 is 10.1 Å². The number of piperidine rings is 1. The minimum absolute atomic E-state index is 0.0557. The van der Waals surface area contributed by atoms with Crippen molar-refractivity contribution in [2.45, 2.75) is 51.0 Å². The number of aromatic nitrogens is 2. The Balaban J connectivity index is 1.29. The van der Waals surface area contributed by atoms with Gasteiger partial charge in [-0.1, -0.05) is 25.3 Å². The van der Waals surface area contributed by atoms with Crippen LogP contribution in [-0.4, -0.2) is 65.6 Å². The fourth-order valence-electron chi connectivity index (χ4n) is 5.41. The van der Waals surface area contributed by atoms with Crippen molar-refractivity contribution in [2.75, 3.05) is 45.7 Å². The lowest BCUT2D eigenvalue weighted by Crippen LogP contribution is -2.33. The first-order chi connectivity index (χ1) is 17.1. The highest BCUT2D eigenvalue weighted by Gasteiger charge is 2.25. The van der Waals surface area contributed by atoms with Crippen LogP contribution in [0.5, 0.6) is 5.75 Å². The summed E-state index contributed by atoms with van der Waals surface area (Å²) in [4.78, 5) is 21.6. The number of carbonyl (C=O) groups excluding carboxylic acids is 1. The van der Waals surface area contributed by atoms with E-state index >= 15 is 0 Å². The highest BCUT2D eigenvalue weighted by atomic mass is 16.5. The van der Waals surface area contributed by atoms with Crippen molar-refractivity contribution < 1.29 is 9.53 Å². The van der Waals surface area contributed by atoms with E-state index in [9.17, 15) is 4.79 Å². The van der Waals surface area contributed by atoms with Crippen molar-refractivity contribution in [1.29, 1.82) is 0 Å². The van der Waals surface area contributed by atoms with Crippen LogP contribution in [0.4, 0.5) is 11.5 Å². The average molecular weight is 476 g/mol. The number of rotatable bonds is 8. The van der Waals surface area contributed by atoms with E-state index in [1.54, 1.807) is 11.1 Å². The van der Waals surface area contributed by atoms with Crippen molar-refractivity contribution >= 4 is 28.3 Å². The highest BCUT2D eigenvalue weighted by Crippen LogP contribution is 2.36. The van der Waals surface area contributed by atoms with Gasteiger partial charge in [0, 0.05) is 37.8 Å². The van der Waals surface area contributed by atoms with Gasteiger partial charge in [0.1, 0.15) is 23.9 Å². The highest BCUT2D eigenvalue weighted by molar-refractivity contribution is 5.99. The zero-order chi connectivity index (χ0) is 24.2. The van der Waals surface area contributed by atoms with Crippen LogP contribution in [0.25, 0.3) is 10.9 Å². The molecule has 0 radical (unpaired) electrons. The second-order valence-corrected chi connectivity index (χ2v) is 10.1. The van der Waals surface area contributed by atoms with Gasteiger partial charge >= 0.3 is 0 Å². The minimum Gasteiger partial charge on any atom is -0.491 e. The Morgan fingerprint density at radius 3 is 2.57 bits per heavy atom. The molecule has 0 unspecified atom stereocenters. The number of benzene rings is 1. The minimum atomic E-state index is 0.0557. The van der Waals surface area contributed by atoms with Gasteiger partial charge < -0.3 is 19.5 Å². The molecular formula is C28H37N5O2. The molecule has 186 valence electrons. The molecule has 1 N–H and O–H groups in total. The number of hydrogen-bond donors (Lipinski definition) is 1. The van der Waals surface area contributed by atoms with Gasteiger partial charge in [-0.3, -0.25) is 9.69 Å². The standard InChI is InChI=1S/C28H37N5O2/c1-31(2)28(34)26-18-21-10-11-22(19-25(21)33(26)23-8-4-5-9-23)30-27-13-12-24(20-29-27)35-17-16-32-14-6-3-7-15-32/h10-13,18-20,23H,3-9,14-17H2,1-2H3,(H,29,30). The maximum Gasteiger partial charge on any atom is 0.270 e. The van der Waals surface area contributed by atoms with Gasteiger partial charge in [-0.25, -0.2) is 4.98 Å². The molecule has 3 heterocycles. The van der Waals surface area contributed by atoms with Gasteiger partial charge in [-0.2, -0.15) is 0 Å². The van der Waals surface area contributed by atoms with Gasteiger partial charge in [-0.05, 0) is 69.1 Å². The Hall–Kier alpha value is -3.06. The molecule has 2 aromatic heterocycles. The molecule has 3 aromatic rings. The van der Waals surface area contributed by atoms with E-state index in [4.69, 9.17) is 4.74 Å². The van der Waals surface area contributed by atoms with Gasteiger partial charge in [0.15, 0.2) is 0 Å². The van der Waals surface area contributed by atoms with Crippen LogP contribution >= 0.6 is 0 Å². The largest absolute Gasteiger partial charge is 0.491 e. The Morgan fingerprint density at radius 1 is 1.06 bits per heavy atom. The number of ether oxygens (including phenoxy) is 1. The lowest BCUT2D eigenvalue weighted by atomic mass is 10.1. The van der Waals surface area contributed by atoms with Gasteiger partial charge in [0.25, 0.3) is 5.91 Å². The van der Waals surface area contributed by atoms with E-state index in [2.05, 4.69) is 38.0 Å². The number of carbonyl (C=O) groups is 1. The zero-order valence-electron chi connectivity index (χ0n) is 21.0. The molecule has 0 atom stereocenters. The number of nitrogens with zero attached hydrogens (tertiary/aromatic N) is 4. The van der Waals surface area contributed by atoms with E-state index in [-0.39, 0.29) is 5.91 Å². The smallest absolute Gasteiger partial charge is 0.270 e. The van der Waals surface area contributed by atoms with Crippen molar-refractivity contribution in [2.24, 2.45) is 0 Å². The number of pyridine rings is 1. The van der Waals surface area contributed by atoms with Crippen molar-refractivity contribution in [1.82, 2.24) is 19.4 Å². The number of anilines is 2. The molecule has 1 aliphatic heterocycles. The summed E-state index contributed by atoms with van der Waals surface area (Å²) >= 11 is 0. The van der Waals surface area contributed by atoms with Crippen LogP contribution in [0.2, 0.25) is 0 Å². The molecule has 7 nitrogen and oxygen atoms in total. The molecule has 7 heteroatoms. The predicted octanol–water partition coefficient (Wildman–Crippen LogP) is 5.46. The van der Waals surface area contributed by atoms with Gasteiger partial charge in [0.2, 0.25) is 0 Å². The maximum atomic E-state index is 12.9. The molecular weight excluding hydrogens is 438 g/mol. The fraction of sp³-hybridized carbons (Fsp3) is 0.500. The Morgan fingerprint density at radius 2 is 1.86 bits per heavy atom. The fourth-order valence-corrected chi connectivity index (χ4v) is 5.41. The van der Waals surface area contributed by atoms with Crippen molar-refractivity contribution in [3.63, 3.8) is 0 Å². The third-order valence-electron chi connectivity index (χ3n) is 7.29. The predicted molar refractivity (Wildman–Crippen MR) is 141 cm³/mol. The summed E-state index contributed by atoms with van der Waals surface area (Å²) < 4.78 is 8.18.